The largest absolute Gasteiger partial charge is 0.361 e. The van der Waals surface area contributed by atoms with Gasteiger partial charge in [-0.1, -0.05) is 18.2 Å². The lowest BCUT2D eigenvalue weighted by Crippen LogP contribution is -2.41. The number of fused-ring (bicyclic) bond motifs is 1. The van der Waals surface area contributed by atoms with Crippen LogP contribution in [0.5, 0.6) is 0 Å². The zero-order valence-corrected chi connectivity index (χ0v) is 11.5. The minimum Gasteiger partial charge on any atom is -0.361 e. The molecule has 0 saturated carbocycles. The normalized spacial score (nSPS) is 19.9. The summed E-state index contributed by atoms with van der Waals surface area (Å²) >= 11 is 0. The van der Waals surface area contributed by atoms with Crippen LogP contribution in [-0.2, 0) is 11.3 Å². The van der Waals surface area contributed by atoms with Crippen molar-refractivity contribution in [1.29, 1.82) is 5.26 Å². The highest BCUT2D eigenvalue weighted by molar-refractivity contribution is 5.82. The molecule has 4 nitrogen and oxygen atoms in total. The van der Waals surface area contributed by atoms with Gasteiger partial charge in [-0.15, -0.1) is 0 Å². The summed E-state index contributed by atoms with van der Waals surface area (Å²) in [6, 6.07) is 12.5. The molecule has 2 heterocycles. The number of ether oxygens (including phenoxy) is 1. The van der Waals surface area contributed by atoms with Crippen LogP contribution in [0.2, 0.25) is 0 Å². The molecule has 102 valence electrons. The highest BCUT2D eigenvalue weighted by atomic mass is 16.5. The van der Waals surface area contributed by atoms with Gasteiger partial charge in [0.25, 0.3) is 0 Å². The standard InChI is InChI=1S/C16H17N3O/c1-12-8-13(15-4-2-3-5-16(15)18-12)10-19-6-7-20-14(9-17)11-19/h2-5,8,14H,6-7,10-11H2,1H3. The third-order valence-corrected chi connectivity index (χ3v) is 3.62. The van der Waals surface area contributed by atoms with Crippen LogP contribution in [-0.4, -0.2) is 35.7 Å². The minimum atomic E-state index is -0.307. The minimum absolute atomic E-state index is 0.307. The molecule has 20 heavy (non-hydrogen) atoms. The van der Waals surface area contributed by atoms with Crippen LogP contribution in [0.4, 0.5) is 0 Å². The van der Waals surface area contributed by atoms with E-state index in [2.05, 4.69) is 28.1 Å². The second-order valence-electron chi connectivity index (χ2n) is 5.16. The van der Waals surface area contributed by atoms with E-state index >= 15 is 0 Å². The van der Waals surface area contributed by atoms with Gasteiger partial charge in [0.15, 0.2) is 6.10 Å². The van der Waals surface area contributed by atoms with Gasteiger partial charge in [0, 0.05) is 30.7 Å². The first-order valence-electron chi connectivity index (χ1n) is 6.85. The molecule has 0 bridgehead atoms. The van der Waals surface area contributed by atoms with Gasteiger partial charge in [0.05, 0.1) is 18.2 Å². The number of morpholine rings is 1. The van der Waals surface area contributed by atoms with E-state index in [4.69, 9.17) is 10.00 Å². The zero-order valence-electron chi connectivity index (χ0n) is 11.5. The van der Waals surface area contributed by atoms with Crippen molar-refractivity contribution in [3.8, 4) is 6.07 Å². The Kier molecular flexibility index (Phi) is 3.64. The molecular weight excluding hydrogens is 250 g/mol. The Hall–Kier alpha value is -1.96. The van der Waals surface area contributed by atoms with Crippen molar-refractivity contribution >= 4 is 10.9 Å². The topological polar surface area (TPSA) is 49.1 Å². The highest BCUT2D eigenvalue weighted by Gasteiger charge is 2.20. The summed E-state index contributed by atoms with van der Waals surface area (Å²) in [6.07, 6.45) is -0.307. The first-order valence-corrected chi connectivity index (χ1v) is 6.85. The average molecular weight is 267 g/mol. The predicted octanol–water partition coefficient (Wildman–Crippen LogP) is 2.27. The van der Waals surface area contributed by atoms with Crippen LogP contribution in [0.1, 0.15) is 11.3 Å². The number of para-hydroxylation sites is 1. The predicted molar refractivity (Wildman–Crippen MR) is 77.1 cm³/mol. The second-order valence-corrected chi connectivity index (χ2v) is 5.16. The van der Waals surface area contributed by atoms with Crippen LogP contribution in [0.15, 0.2) is 30.3 Å². The number of benzene rings is 1. The number of hydrogen-bond donors (Lipinski definition) is 0. The van der Waals surface area contributed by atoms with E-state index in [1.165, 1.54) is 10.9 Å². The summed E-state index contributed by atoms with van der Waals surface area (Å²) in [4.78, 5) is 6.84. The fraction of sp³-hybridized carbons (Fsp3) is 0.375. The Morgan fingerprint density at radius 2 is 2.30 bits per heavy atom. The molecule has 1 aliphatic rings. The maximum atomic E-state index is 8.98. The van der Waals surface area contributed by atoms with E-state index < -0.39 is 0 Å². The fourth-order valence-electron chi connectivity index (χ4n) is 2.69. The fourth-order valence-corrected chi connectivity index (χ4v) is 2.69. The summed E-state index contributed by atoms with van der Waals surface area (Å²) < 4.78 is 5.39. The molecule has 0 spiro atoms. The molecular formula is C16H17N3O. The van der Waals surface area contributed by atoms with Crippen molar-refractivity contribution in [3.05, 3.63) is 41.6 Å². The van der Waals surface area contributed by atoms with Crippen LogP contribution in [0, 0.1) is 18.3 Å². The van der Waals surface area contributed by atoms with Gasteiger partial charge in [-0.2, -0.15) is 5.26 Å². The second kappa shape index (κ2) is 5.58. The molecule has 0 aliphatic carbocycles. The maximum absolute atomic E-state index is 8.98. The number of aryl methyl sites for hydroxylation is 1. The van der Waals surface area contributed by atoms with Crippen LogP contribution >= 0.6 is 0 Å². The summed E-state index contributed by atoms with van der Waals surface area (Å²) in [7, 11) is 0. The summed E-state index contributed by atoms with van der Waals surface area (Å²) in [5, 5.41) is 10.2. The summed E-state index contributed by atoms with van der Waals surface area (Å²) in [6.45, 7) is 5.03. The van der Waals surface area contributed by atoms with Crippen molar-refractivity contribution in [2.24, 2.45) is 0 Å². The maximum Gasteiger partial charge on any atom is 0.156 e. The lowest BCUT2D eigenvalue weighted by Gasteiger charge is -2.30. The Morgan fingerprint density at radius 1 is 1.45 bits per heavy atom. The molecule has 1 atom stereocenters. The SMILES string of the molecule is Cc1cc(CN2CCOC(C#N)C2)c2ccccc2n1. The van der Waals surface area contributed by atoms with Crippen molar-refractivity contribution in [1.82, 2.24) is 9.88 Å². The van der Waals surface area contributed by atoms with E-state index in [-0.39, 0.29) is 6.10 Å². The average Bonchev–Trinajstić information content (AvgIpc) is 2.47. The van der Waals surface area contributed by atoms with Crippen LogP contribution < -0.4 is 0 Å². The molecule has 1 aromatic carbocycles. The molecule has 4 heteroatoms. The smallest absolute Gasteiger partial charge is 0.156 e. The van der Waals surface area contributed by atoms with Gasteiger partial charge in [0.2, 0.25) is 0 Å². The molecule has 1 aromatic heterocycles. The molecule has 2 aromatic rings. The Morgan fingerprint density at radius 3 is 3.15 bits per heavy atom. The van der Waals surface area contributed by atoms with Crippen LogP contribution in [0.3, 0.4) is 0 Å². The summed E-state index contributed by atoms with van der Waals surface area (Å²) in [5.41, 5.74) is 3.34. The Balaban J connectivity index is 1.89. The van der Waals surface area contributed by atoms with E-state index in [1.807, 2.05) is 25.1 Å². The third-order valence-electron chi connectivity index (χ3n) is 3.62. The van der Waals surface area contributed by atoms with E-state index in [9.17, 15) is 0 Å². The van der Waals surface area contributed by atoms with Gasteiger partial charge in [-0.3, -0.25) is 9.88 Å². The van der Waals surface area contributed by atoms with Crippen molar-refractivity contribution in [2.45, 2.75) is 19.6 Å². The van der Waals surface area contributed by atoms with Gasteiger partial charge in [-0.05, 0) is 24.6 Å². The monoisotopic (exact) mass is 267 g/mol. The highest BCUT2D eigenvalue weighted by Crippen LogP contribution is 2.20. The van der Waals surface area contributed by atoms with E-state index in [0.717, 1.165) is 24.3 Å². The number of nitriles is 1. The lowest BCUT2D eigenvalue weighted by molar-refractivity contribution is -0.00255. The Labute approximate surface area is 118 Å². The summed E-state index contributed by atoms with van der Waals surface area (Å²) in [5.74, 6) is 0. The van der Waals surface area contributed by atoms with Crippen molar-refractivity contribution in [3.63, 3.8) is 0 Å². The lowest BCUT2D eigenvalue weighted by atomic mass is 10.1. The van der Waals surface area contributed by atoms with Crippen molar-refractivity contribution in [2.75, 3.05) is 19.7 Å². The third kappa shape index (κ3) is 2.64. The quantitative estimate of drug-likeness (QED) is 0.837. The Bertz CT molecular complexity index is 662. The molecule has 3 rings (SSSR count). The number of aromatic nitrogens is 1. The first-order chi connectivity index (χ1) is 9.76. The molecule has 1 aliphatic heterocycles. The van der Waals surface area contributed by atoms with Gasteiger partial charge in [-0.25, -0.2) is 0 Å². The molecule has 1 saturated heterocycles. The number of rotatable bonds is 2. The molecule has 1 fully saturated rings. The first kappa shape index (κ1) is 13.0. The molecule has 0 N–H and O–H groups in total. The van der Waals surface area contributed by atoms with E-state index in [0.29, 0.717) is 13.2 Å². The number of nitrogens with zero attached hydrogens (tertiary/aromatic N) is 3. The number of hydrogen-bond acceptors (Lipinski definition) is 4. The zero-order chi connectivity index (χ0) is 13.9. The van der Waals surface area contributed by atoms with Crippen molar-refractivity contribution < 1.29 is 4.74 Å². The van der Waals surface area contributed by atoms with Gasteiger partial charge >= 0.3 is 0 Å². The number of pyridine rings is 1. The molecule has 0 amide bonds. The van der Waals surface area contributed by atoms with E-state index in [1.54, 1.807) is 0 Å². The molecule has 0 radical (unpaired) electrons. The van der Waals surface area contributed by atoms with Gasteiger partial charge < -0.3 is 4.74 Å². The van der Waals surface area contributed by atoms with Crippen LogP contribution in [0.25, 0.3) is 10.9 Å². The molecule has 1 unspecified atom stereocenters. The van der Waals surface area contributed by atoms with Gasteiger partial charge in [0.1, 0.15) is 0 Å².